The first-order valence-corrected chi connectivity index (χ1v) is 11.5. The maximum Gasteiger partial charge on any atom is 0.231 e. The highest BCUT2D eigenvalue weighted by atomic mass is 35.5. The van der Waals surface area contributed by atoms with Crippen molar-refractivity contribution in [3.63, 3.8) is 0 Å². The highest BCUT2D eigenvalue weighted by molar-refractivity contribution is 7.99. The first-order chi connectivity index (χ1) is 13.7. The molecule has 0 N–H and O–H groups in total. The first kappa shape index (κ1) is 18.5. The number of piperidine rings is 2. The van der Waals surface area contributed by atoms with E-state index in [1.165, 1.54) is 45.2 Å². The van der Waals surface area contributed by atoms with E-state index in [9.17, 15) is 4.79 Å². The molecule has 3 heterocycles. The summed E-state index contributed by atoms with van der Waals surface area (Å²) >= 11 is 8.02. The van der Waals surface area contributed by atoms with Crippen molar-refractivity contribution >= 4 is 40.6 Å². The molecule has 146 valence electrons. The number of para-hydroxylation sites is 1. The van der Waals surface area contributed by atoms with Gasteiger partial charge in [0.25, 0.3) is 0 Å². The molecule has 0 saturated carbocycles. The van der Waals surface area contributed by atoms with Crippen LogP contribution in [-0.2, 0) is 4.79 Å². The second-order valence-corrected chi connectivity index (χ2v) is 9.64. The highest BCUT2D eigenvalue weighted by Crippen LogP contribution is 2.49. The van der Waals surface area contributed by atoms with Gasteiger partial charge in [-0.3, -0.25) is 9.69 Å². The molecule has 2 atom stereocenters. The second kappa shape index (κ2) is 7.74. The van der Waals surface area contributed by atoms with Crippen LogP contribution < -0.4 is 4.90 Å². The molecule has 3 aliphatic heterocycles. The molecule has 2 saturated heterocycles. The minimum atomic E-state index is 0.202. The van der Waals surface area contributed by atoms with Crippen molar-refractivity contribution in [1.82, 2.24) is 4.90 Å². The molecule has 0 bridgehead atoms. The van der Waals surface area contributed by atoms with Crippen LogP contribution in [0.2, 0.25) is 5.02 Å². The van der Waals surface area contributed by atoms with Crippen molar-refractivity contribution in [3.8, 4) is 0 Å². The number of carbonyl (C=O) groups excluding carboxylic acids is 1. The number of amides is 1. The molecular weight excluding hydrogens is 388 g/mol. The van der Waals surface area contributed by atoms with Gasteiger partial charge < -0.3 is 4.90 Å². The van der Waals surface area contributed by atoms with E-state index < -0.39 is 0 Å². The average Bonchev–Trinajstić information content (AvgIpc) is 2.72. The Morgan fingerprint density at radius 3 is 2.75 bits per heavy atom. The van der Waals surface area contributed by atoms with Crippen molar-refractivity contribution in [3.05, 3.63) is 47.5 Å². The molecule has 2 aromatic carbocycles. The topological polar surface area (TPSA) is 23.6 Å². The molecule has 0 spiro atoms. The third-order valence-corrected chi connectivity index (χ3v) is 7.77. The van der Waals surface area contributed by atoms with Crippen molar-refractivity contribution in [2.24, 2.45) is 5.92 Å². The van der Waals surface area contributed by atoms with Crippen molar-refractivity contribution in [2.75, 3.05) is 18.0 Å². The van der Waals surface area contributed by atoms with Crippen LogP contribution in [0.4, 0.5) is 11.4 Å². The average molecular weight is 413 g/mol. The Balaban J connectivity index is 1.47. The van der Waals surface area contributed by atoms with E-state index in [0.29, 0.717) is 23.4 Å². The Labute approximate surface area is 176 Å². The third-order valence-electron chi connectivity index (χ3n) is 6.40. The van der Waals surface area contributed by atoms with Gasteiger partial charge >= 0.3 is 0 Å². The van der Waals surface area contributed by atoms with Gasteiger partial charge in [-0.25, -0.2) is 0 Å². The monoisotopic (exact) mass is 412 g/mol. The summed E-state index contributed by atoms with van der Waals surface area (Å²) in [6.07, 6.45) is 6.84. The molecule has 2 aromatic rings. The Morgan fingerprint density at radius 1 is 1.00 bits per heavy atom. The molecule has 0 aliphatic carbocycles. The van der Waals surface area contributed by atoms with Crippen LogP contribution >= 0.6 is 23.4 Å². The number of halogens is 1. The molecule has 0 radical (unpaired) electrons. The third kappa shape index (κ3) is 3.36. The first-order valence-electron chi connectivity index (χ1n) is 10.3. The molecule has 5 heteroatoms. The molecular formula is C23H25ClN2OS. The number of hydrogen-bond acceptors (Lipinski definition) is 3. The van der Waals surface area contributed by atoms with Crippen molar-refractivity contribution in [1.29, 1.82) is 0 Å². The van der Waals surface area contributed by atoms with Crippen LogP contribution in [-0.4, -0.2) is 29.9 Å². The minimum Gasteiger partial charge on any atom is -0.300 e. The number of benzene rings is 2. The zero-order chi connectivity index (χ0) is 19.1. The van der Waals surface area contributed by atoms with Gasteiger partial charge in [0.05, 0.1) is 11.4 Å². The second-order valence-electron chi connectivity index (χ2n) is 8.12. The van der Waals surface area contributed by atoms with Crippen LogP contribution in [0.1, 0.15) is 38.5 Å². The fourth-order valence-electron chi connectivity index (χ4n) is 5.13. The molecule has 5 rings (SSSR count). The Hall–Kier alpha value is -1.49. The Kier molecular flexibility index (Phi) is 5.12. The maximum atomic E-state index is 13.6. The van der Waals surface area contributed by atoms with E-state index in [-0.39, 0.29) is 5.91 Å². The lowest BCUT2D eigenvalue weighted by Crippen LogP contribution is -2.49. The molecule has 28 heavy (non-hydrogen) atoms. The van der Waals surface area contributed by atoms with Crippen LogP contribution in [0.5, 0.6) is 0 Å². The van der Waals surface area contributed by atoms with E-state index in [1.54, 1.807) is 11.8 Å². The van der Waals surface area contributed by atoms with Crippen LogP contribution in [0.3, 0.4) is 0 Å². The van der Waals surface area contributed by atoms with Gasteiger partial charge in [-0.05, 0) is 75.0 Å². The number of rotatable bonds is 2. The number of anilines is 2. The van der Waals surface area contributed by atoms with Gasteiger partial charge in [-0.2, -0.15) is 0 Å². The van der Waals surface area contributed by atoms with E-state index >= 15 is 0 Å². The lowest BCUT2D eigenvalue weighted by atomic mass is 9.81. The van der Waals surface area contributed by atoms with E-state index in [4.69, 9.17) is 11.6 Å². The SMILES string of the molecule is O=C(CC1CCCN2CCCCC12)N1c2ccccc2Sc2ccc(Cl)cc21. The van der Waals surface area contributed by atoms with Gasteiger partial charge in [0, 0.05) is 27.3 Å². The maximum absolute atomic E-state index is 13.6. The zero-order valence-electron chi connectivity index (χ0n) is 15.9. The summed E-state index contributed by atoms with van der Waals surface area (Å²) in [5.41, 5.74) is 1.92. The van der Waals surface area contributed by atoms with Gasteiger partial charge in [0.1, 0.15) is 0 Å². The zero-order valence-corrected chi connectivity index (χ0v) is 17.5. The quantitative estimate of drug-likeness (QED) is 0.593. The van der Waals surface area contributed by atoms with Crippen LogP contribution in [0.15, 0.2) is 52.3 Å². The number of nitrogens with zero attached hydrogens (tertiary/aromatic N) is 2. The summed E-state index contributed by atoms with van der Waals surface area (Å²) < 4.78 is 0. The summed E-state index contributed by atoms with van der Waals surface area (Å²) in [6.45, 7) is 2.41. The normalized spacial score (nSPS) is 24.2. The summed E-state index contributed by atoms with van der Waals surface area (Å²) in [5, 5.41) is 0.674. The molecule has 3 nitrogen and oxygen atoms in total. The summed E-state index contributed by atoms with van der Waals surface area (Å²) in [7, 11) is 0. The summed E-state index contributed by atoms with van der Waals surface area (Å²) in [6, 6.07) is 14.7. The number of fused-ring (bicyclic) bond motifs is 3. The molecule has 0 aromatic heterocycles. The highest BCUT2D eigenvalue weighted by Gasteiger charge is 2.36. The fraction of sp³-hybridized carbons (Fsp3) is 0.435. The largest absolute Gasteiger partial charge is 0.300 e. The van der Waals surface area contributed by atoms with Gasteiger partial charge in [-0.1, -0.05) is 41.9 Å². The Morgan fingerprint density at radius 2 is 1.82 bits per heavy atom. The molecule has 2 unspecified atom stereocenters. The number of carbonyl (C=O) groups is 1. The van der Waals surface area contributed by atoms with Gasteiger partial charge in [0.2, 0.25) is 5.91 Å². The predicted octanol–water partition coefficient (Wildman–Crippen LogP) is 6.12. The predicted molar refractivity (Wildman–Crippen MR) is 116 cm³/mol. The smallest absolute Gasteiger partial charge is 0.231 e. The lowest BCUT2D eigenvalue weighted by Gasteiger charge is -2.44. The Bertz CT molecular complexity index is 900. The van der Waals surface area contributed by atoms with E-state index in [1.807, 2.05) is 35.2 Å². The minimum absolute atomic E-state index is 0.202. The standard InChI is InChI=1S/C23H25ClN2OS/c24-17-10-11-22-20(15-17)26(19-8-1-2-9-21(19)28-22)23(27)14-16-6-5-13-25-12-4-3-7-18(16)25/h1-2,8-11,15-16,18H,3-7,12-14H2. The van der Waals surface area contributed by atoms with Crippen molar-refractivity contribution < 1.29 is 4.79 Å². The number of hydrogen-bond donors (Lipinski definition) is 0. The van der Waals surface area contributed by atoms with Crippen LogP contribution in [0, 0.1) is 5.92 Å². The van der Waals surface area contributed by atoms with E-state index in [0.717, 1.165) is 21.2 Å². The molecule has 2 fully saturated rings. The van der Waals surface area contributed by atoms with Crippen LogP contribution in [0.25, 0.3) is 0 Å². The lowest BCUT2D eigenvalue weighted by molar-refractivity contribution is -0.120. The molecule has 3 aliphatic rings. The molecule has 1 amide bonds. The van der Waals surface area contributed by atoms with Gasteiger partial charge in [-0.15, -0.1) is 0 Å². The van der Waals surface area contributed by atoms with E-state index in [2.05, 4.69) is 17.0 Å². The summed E-state index contributed by atoms with van der Waals surface area (Å²) in [5.74, 6) is 0.666. The van der Waals surface area contributed by atoms with Gasteiger partial charge in [0.15, 0.2) is 0 Å². The summed E-state index contributed by atoms with van der Waals surface area (Å²) in [4.78, 5) is 20.4. The van der Waals surface area contributed by atoms with Crippen molar-refractivity contribution in [2.45, 2.75) is 54.4 Å². The fourth-order valence-corrected chi connectivity index (χ4v) is 6.33.